The molecule has 0 aromatic heterocycles. The summed E-state index contributed by atoms with van der Waals surface area (Å²) in [5.74, 6) is 0. The Hall–Kier alpha value is -1.02. The maximum Gasteiger partial charge on any atom is 0.316 e. The standard InChI is InChI=1S/C9H9ClNO/c1-7-8(10)4-3-5-9(7)11(2)6-12/h3-5H,1-2H3. The van der Waals surface area contributed by atoms with E-state index in [2.05, 4.69) is 0 Å². The van der Waals surface area contributed by atoms with Gasteiger partial charge in [0.05, 0.1) is 0 Å². The van der Waals surface area contributed by atoms with E-state index in [1.807, 2.05) is 13.0 Å². The average Bonchev–Trinajstić information content (AvgIpc) is 2.08. The molecule has 2 nitrogen and oxygen atoms in total. The second-order valence-electron chi connectivity index (χ2n) is 2.53. The van der Waals surface area contributed by atoms with Crippen LogP contribution in [0.15, 0.2) is 18.2 Å². The summed E-state index contributed by atoms with van der Waals surface area (Å²) in [7, 11) is 1.64. The van der Waals surface area contributed by atoms with Crippen LogP contribution in [-0.4, -0.2) is 13.5 Å². The molecule has 1 aromatic carbocycles. The highest BCUT2D eigenvalue weighted by molar-refractivity contribution is 6.31. The molecular formula is C9H9ClNO. The SMILES string of the molecule is Cc1c(Cl)cccc1N(C)[C]=O. The summed E-state index contributed by atoms with van der Waals surface area (Å²) in [5.41, 5.74) is 1.68. The molecule has 1 rings (SSSR count). The number of hydrogen-bond acceptors (Lipinski definition) is 1. The number of hydrogen-bond donors (Lipinski definition) is 0. The van der Waals surface area contributed by atoms with Crippen molar-refractivity contribution in [3.8, 4) is 0 Å². The van der Waals surface area contributed by atoms with Crippen molar-refractivity contribution in [1.82, 2.24) is 0 Å². The number of benzene rings is 1. The average molecular weight is 183 g/mol. The number of amides is 1. The van der Waals surface area contributed by atoms with E-state index in [1.165, 1.54) is 4.90 Å². The minimum atomic E-state index is 0.662. The van der Waals surface area contributed by atoms with Gasteiger partial charge in [0, 0.05) is 17.8 Å². The summed E-state index contributed by atoms with van der Waals surface area (Å²) in [6.07, 6.45) is 1.77. The highest BCUT2D eigenvalue weighted by Gasteiger charge is 2.05. The second kappa shape index (κ2) is 3.59. The van der Waals surface area contributed by atoms with Crippen molar-refractivity contribution in [3.05, 3.63) is 28.8 Å². The topological polar surface area (TPSA) is 20.3 Å². The van der Waals surface area contributed by atoms with Crippen LogP contribution in [0.3, 0.4) is 0 Å². The summed E-state index contributed by atoms with van der Waals surface area (Å²) in [4.78, 5) is 11.7. The molecule has 0 saturated heterocycles. The van der Waals surface area contributed by atoms with E-state index in [9.17, 15) is 4.79 Å². The summed E-state index contributed by atoms with van der Waals surface area (Å²) >= 11 is 5.86. The van der Waals surface area contributed by atoms with Gasteiger partial charge in [-0.2, -0.15) is 0 Å². The molecule has 12 heavy (non-hydrogen) atoms. The van der Waals surface area contributed by atoms with Crippen LogP contribution in [-0.2, 0) is 4.79 Å². The van der Waals surface area contributed by atoms with E-state index in [0.29, 0.717) is 5.02 Å². The number of anilines is 1. The first-order valence-corrected chi connectivity index (χ1v) is 3.91. The number of rotatable bonds is 2. The normalized spacial score (nSPS) is 9.58. The Morgan fingerprint density at radius 1 is 1.50 bits per heavy atom. The Labute approximate surface area is 76.8 Å². The molecule has 0 unspecified atom stereocenters. The quantitative estimate of drug-likeness (QED) is 0.642. The predicted molar refractivity (Wildman–Crippen MR) is 50.3 cm³/mol. The van der Waals surface area contributed by atoms with Crippen LogP contribution in [0.2, 0.25) is 5.02 Å². The lowest BCUT2D eigenvalue weighted by molar-refractivity contribution is 0.554. The first-order chi connectivity index (χ1) is 5.66. The van der Waals surface area contributed by atoms with Crippen LogP contribution < -0.4 is 4.90 Å². The molecule has 0 aliphatic carbocycles. The molecule has 0 saturated carbocycles. The van der Waals surface area contributed by atoms with Crippen molar-refractivity contribution in [3.63, 3.8) is 0 Å². The first kappa shape index (κ1) is 9.07. The van der Waals surface area contributed by atoms with E-state index in [4.69, 9.17) is 11.6 Å². The maximum absolute atomic E-state index is 10.3. The van der Waals surface area contributed by atoms with Crippen molar-refractivity contribution in [2.45, 2.75) is 6.92 Å². The zero-order valence-electron chi connectivity index (χ0n) is 6.97. The monoisotopic (exact) mass is 182 g/mol. The van der Waals surface area contributed by atoms with Crippen LogP contribution in [0.5, 0.6) is 0 Å². The largest absolute Gasteiger partial charge is 0.316 e. The van der Waals surface area contributed by atoms with Crippen LogP contribution in [0.25, 0.3) is 0 Å². The number of carbonyl (C=O) groups excluding carboxylic acids is 1. The van der Waals surface area contributed by atoms with E-state index >= 15 is 0 Å². The van der Waals surface area contributed by atoms with Crippen LogP contribution in [0.4, 0.5) is 5.69 Å². The molecule has 3 heteroatoms. The molecule has 1 amide bonds. The van der Waals surface area contributed by atoms with Gasteiger partial charge in [0.15, 0.2) is 0 Å². The van der Waals surface area contributed by atoms with E-state index in [0.717, 1.165) is 11.3 Å². The molecule has 0 aliphatic rings. The fourth-order valence-corrected chi connectivity index (χ4v) is 1.18. The molecule has 0 spiro atoms. The smallest absolute Gasteiger partial charge is 0.307 e. The van der Waals surface area contributed by atoms with Gasteiger partial charge < -0.3 is 4.90 Å². The van der Waals surface area contributed by atoms with Crippen LogP contribution >= 0.6 is 11.6 Å². The third-order valence-electron chi connectivity index (χ3n) is 1.74. The lowest BCUT2D eigenvalue weighted by Gasteiger charge is -2.13. The third-order valence-corrected chi connectivity index (χ3v) is 2.15. The van der Waals surface area contributed by atoms with Gasteiger partial charge in [-0.3, -0.25) is 4.79 Å². The van der Waals surface area contributed by atoms with Gasteiger partial charge in [0.2, 0.25) is 0 Å². The predicted octanol–water partition coefficient (Wildman–Crippen LogP) is 2.15. The van der Waals surface area contributed by atoms with Gasteiger partial charge in [0.25, 0.3) is 0 Å². The molecule has 0 aliphatic heterocycles. The minimum Gasteiger partial charge on any atom is -0.307 e. The Morgan fingerprint density at radius 3 is 2.75 bits per heavy atom. The van der Waals surface area contributed by atoms with E-state index < -0.39 is 0 Å². The van der Waals surface area contributed by atoms with Gasteiger partial charge in [0.1, 0.15) is 0 Å². The minimum absolute atomic E-state index is 0.662. The summed E-state index contributed by atoms with van der Waals surface area (Å²) in [6, 6.07) is 5.42. The van der Waals surface area contributed by atoms with Gasteiger partial charge in [-0.15, -0.1) is 0 Å². The van der Waals surface area contributed by atoms with Crippen molar-refractivity contribution in [2.75, 3.05) is 11.9 Å². The molecule has 1 radical (unpaired) electrons. The van der Waals surface area contributed by atoms with Crippen molar-refractivity contribution >= 4 is 23.7 Å². The molecular weight excluding hydrogens is 174 g/mol. The molecule has 0 bridgehead atoms. The molecule has 1 aromatic rings. The number of halogens is 1. The zero-order valence-corrected chi connectivity index (χ0v) is 7.72. The second-order valence-corrected chi connectivity index (χ2v) is 2.94. The number of nitrogens with zero attached hydrogens (tertiary/aromatic N) is 1. The Kier molecular flexibility index (Phi) is 2.71. The maximum atomic E-state index is 10.3. The molecule has 0 N–H and O–H groups in total. The zero-order chi connectivity index (χ0) is 9.14. The Balaban J connectivity index is 3.15. The highest BCUT2D eigenvalue weighted by atomic mass is 35.5. The Bertz CT molecular complexity index is 299. The highest BCUT2D eigenvalue weighted by Crippen LogP contribution is 2.24. The third kappa shape index (κ3) is 1.59. The van der Waals surface area contributed by atoms with Gasteiger partial charge >= 0.3 is 6.41 Å². The van der Waals surface area contributed by atoms with Gasteiger partial charge in [-0.1, -0.05) is 17.7 Å². The summed E-state index contributed by atoms with van der Waals surface area (Å²) < 4.78 is 0. The van der Waals surface area contributed by atoms with Crippen LogP contribution in [0, 0.1) is 6.92 Å². The van der Waals surface area contributed by atoms with Crippen molar-refractivity contribution in [2.24, 2.45) is 0 Å². The van der Waals surface area contributed by atoms with Gasteiger partial charge in [-0.05, 0) is 24.6 Å². The van der Waals surface area contributed by atoms with E-state index in [1.54, 1.807) is 25.6 Å². The van der Waals surface area contributed by atoms with Gasteiger partial charge in [-0.25, -0.2) is 0 Å². The van der Waals surface area contributed by atoms with Crippen LogP contribution in [0.1, 0.15) is 5.56 Å². The summed E-state index contributed by atoms with van der Waals surface area (Å²) in [5, 5.41) is 0.662. The molecule has 0 atom stereocenters. The van der Waals surface area contributed by atoms with E-state index in [-0.39, 0.29) is 0 Å². The van der Waals surface area contributed by atoms with Crippen molar-refractivity contribution < 1.29 is 4.79 Å². The molecule has 63 valence electrons. The van der Waals surface area contributed by atoms with Crippen molar-refractivity contribution in [1.29, 1.82) is 0 Å². The Morgan fingerprint density at radius 2 is 2.17 bits per heavy atom. The lowest BCUT2D eigenvalue weighted by atomic mass is 10.2. The fourth-order valence-electron chi connectivity index (χ4n) is 1.01. The molecule has 0 heterocycles. The fraction of sp³-hybridized carbons (Fsp3) is 0.222. The molecule has 0 fully saturated rings. The lowest BCUT2D eigenvalue weighted by Crippen LogP contribution is -2.14. The summed E-state index contributed by atoms with van der Waals surface area (Å²) in [6.45, 7) is 1.87. The first-order valence-electron chi connectivity index (χ1n) is 3.53.